The van der Waals surface area contributed by atoms with Gasteiger partial charge in [-0.2, -0.15) is 4.39 Å². The fourth-order valence-corrected chi connectivity index (χ4v) is 2.32. The molecule has 2 aromatic rings. The summed E-state index contributed by atoms with van der Waals surface area (Å²) < 4.78 is 38.1. The van der Waals surface area contributed by atoms with Crippen LogP contribution in [0.25, 0.3) is 10.1 Å². The fourth-order valence-electron chi connectivity index (χ4n) is 1.19. The van der Waals surface area contributed by atoms with Gasteiger partial charge in [-0.25, -0.2) is 8.78 Å². The van der Waals surface area contributed by atoms with E-state index in [1.165, 1.54) is 18.2 Å². The van der Waals surface area contributed by atoms with Crippen LogP contribution in [0, 0.1) is 5.13 Å². The molecule has 74 valence electrons. The van der Waals surface area contributed by atoms with E-state index in [2.05, 4.69) is 0 Å². The van der Waals surface area contributed by atoms with Crippen molar-refractivity contribution in [3.05, 3.63) is 33.9 Å². The zero-order chi connectivity index (χ0) is 10.3. The summed E-state index contributed by atoms with van der Waals surface area (Å²) in [4.78, 5) is 0. The van der Waals surface area contributed by atoms with Gasteiger partial charge >= 0.3 is 0 Å². The standard InChI is InChI=1S/C9H4ClF3S/c10-7-5-3-4(8(11)12)1-2-6(5)14-9(7)13/h1-3,8H. The van der Waals surface area contributed by atoms with Gasteiger partial charge in [-0.15, -0.1) is 11.3 Å². The van der Waals surface area contributed by atoms with Gasteiger partial charge in [-0.3, -0.25) is 0 Å². The summed E-state index contributed by atoms with van der Waals surface area (Å²) in [6.45, 7) is 0. The molecule has 1 aromatic heterocycles. The average molecular weight is 237 g/mol. The molecule has 1 aromatic carbocycles. The molecule has 0 nitrogen and oxygen atoms in total. The minimum Gasteiger partial charge on any atom is -0.205 e. The highest BCUT2D eigenvalue weighted by atomic mass is 35.5. The van der Waals surface area contributed by atoms with Gasteiger partial charge in [0.15, 0.2) is 5.13 Å². The van der Waals surface area contributed by atoms with Crippen molar-refractivity contribution in [3.63, 3.8) is 0 Å². The highest BCUT2D eigenvalue weighted by Crippen LogP contribution is 2.35. The van der Waals surface area contributed by atoms with Crippen molar-refractivity contribution in [2.45, 2.75) is 6.43 Å². The summed E-state index contributed by atoms with van der Waals surface area (Å²) in [7, 11) is 0. The van der Waals surface area contributed by atoms with Gasteiger partial charge in [-0.1, -0.05) is 17.7 Å². The Balaban J connectivity index is 2.69. The molecule has 0 fully saturated rings. The molecule has 0 aliphatic rings. The topological polar surface area (TPSA) is 0 Å². The molecule has 0 radical (unpaired) electrons. The van der Waals surface area contributed by atoms with E-state index in [1.807, 2.05) is 0 Å². The molecular formula is C9H4ClF3S. The highest BCUT2D eigenvalue weighted by molar-refractivity contribution is 7.18. The van der Waals surface area contributed by atoms with Gasteiger partial charge in [0.1, 0.15) is 0 Å². The average Bonchev–Trinajstić information content (AvgIpc) is 2.43. The minimum absolute atomic E-state index is 0.0764. The van der Waals surface area contributed by atoms with Gasteiger partial charge in [0.25, 0.3) is 6.43 Å². The first-order valence-corrected chi connectivity index (χ1v) is 4.94. The number of hydrogen-bond acceptors (Lipinski definition) is 1. The molecular weight excluding hydrogens is 233 g/mol. The first-order chi connectivity index (χ1) is 6.59. The van der Waals surface area contributed by atoms with E-state index >= 15 is 0 Å². The molecule has 0 spiro atoms. The summed E-state index contributed by atoms with van der Waals surface area (Å²) in [5, 5.41) is -0.257. The highest BCUT2D eigenvalue weighted by Gasteiger charge is 2.13. The third kappa shape index (κ3) is 1.48. The zero-order valence-corrected chi connectivity index (χ0v) is 8.30. The first kappa shape index (κ1) is 9.80. The lowest BCUT2D eigenvalue weighted by molar-refractivity contribution is 0.151. The largest absolute Gasteiger partial charge is 0.263 e. The van der Waals surface area contributed by atoms with Crippen LogP contribution in [0.2, 0.25) is 5.02 Å². The molecule has 14 heavy (non-hydrogen) atoms. The molecule has 0 amide bonds. The van der Waals surface area contributed by atoms with Gasteiger partial charge < -0.3 is 0 Å². The van der Waals surface area contributed by atoms with E-state index in [0.717, 1.165) is 11.3 Å². The Morgan fingerprint density at radius 2 is 2.00 bits per heavy atom. The summed E-state index contributed by atoms with van der Waals surface area (Å²) in [5.41, 5.74) is -0.141. The minimum atomic E-state index is -2.56. The molecule has 5 heteroatoms. The number of benzene rings is 1. The summed E-state index contributed by atoms with van der Waals surface area (Å²) in [6.07, 6.45) is -2.56. The molecule has 0 aliphatic heterocycles. The third-order valence-electron chi connectivity index (χ3n) is 1.86. The third-order valence-corrected chi connectivity index (χ3v) is 3.31. The molecule has 2 rings (SSSR count). The van der Waals surface area contributed by atoms with Crippen molar-refractivity contribution in [2.75, 3.05) is 0 Å². The molecule has 1 heterocycles. The molecule has 0 bridgehead atoms. The predicted octanol–water partition coefficient (Wildman–Crippen LogP) is 4.63. The van der Waals surface area contributed by atoms with Crippen molar-refractivity contribution in [1.29, 1.82) is 0 Å². The summed E-state index contributed by atoms with van der Waals surface area (Å²) in [5.74, 6) is 0. The number of halogens is 4. The zero-order valence-electron chi connectivity index (χ0n) is 6.73. The van der Waals surface area contributed by atoms with Crippen molar-refractivity contribution < 1.29 is 13.2 Å². The normalized spacial score (nSPS) is 11.5. The number of rotatable bonds is 1. The number of thiophene rings is 1. The molecule has 0 unspecified atom stereocenters. The summed E-state index contributed by atoms with van der Waals surface area (Å²) in [6, 6.07) is 3.96. The van der Waals surface area contributed by atoms with E-state index in [0.29, 0.717) is 10.1 Å². The Morgan fingerprint density at radius 1 is 1.29 bits per heavy atom. The van der Waals surface area contributed by atoms with E-state index in [4.69, 9.17) is 11.6 Å². The molecule has 0 atom stereocenters. The Kier molecular flexibility index (Phi) is 2.41. The Hall–Kier alpha value is -0.740. The van der Waals surface area contributed by atoms with Crippen LogP contribution in [-0.2, 0) is 0 Å². The van der Waals surface area contributed by atoms with Crippen molar-refractivity contribution in [3.8, 4) is 0 Å². The number of hydrogen-bond donors (Lipinski definition) is 0. The maximum Gasteiger partial charge on any atom is 0.263 e. The second-order valence-corrected chi connectivity index (χ2v) is 4.13. The smallest absolute Gasteiger partial charge is 0.205 e. The second kappa shape index (κ2) is 3.44. The van der Waals surface area contributed by atoms with Gasteiger partial charge in [0, 0.05) is 15.6 Å². The Labute approximate surface area is 86.9 Å². The van der Waals surface area contributed by atoms with Crippen LogP contribution in [0.3, 0.4) is 0 Å². The maximum atomic E-state index is 13.0. The van der Waals surface area contributed by atoms with Crippen molar-refractivity contribution in [1.82, 2.24) is 0 Å². The number of alkyl halides is 2. The van der Waals surface area contributed by atoms with Crippen molar-refractivity contribution in [2.24, 2.45) is 0 Å². The van der Waals surface area contributed by atoms with Crippen LogP contribution in [0.1, 0.15) is 12.0 Å². The van der Waals surface area contributed by atoms with Crippen LogP contribution in [0.5, 0.6) is 0 Å². The van der Waals surface area contributed by atoms with Crippen LogP contribution in [-0.4, -0.2) is 0 Å². The lowest BCUT2D eigenvalue weighted by atomic mass is 10.2. The van der Waals surface area contributed by atoms with E-state index < -0.39 is 11.6 Å². The quantitative estimate of drug-likeness (QED) is 0.677. The van der Waals surface area contributed by atoms with E-state index in [1.54, 1.807) is 0 Å². The fraction of sp³-hybridized carbons (Fsp3) is 0.111. The van der Waals surface area contributed by atoms with Crippen molar-refractivity contribution >= 4 is 33.0 Å². The van der Waals surface area contributed by atoms with Crippen LogP contribution in [0.15, 0.2) is 18.2 Å². The lowest BCUT2D eigenvalue weighted by Crippen LogP contribution is -1.81. The number of fused-ring (bicyclic) bond motifs is 1. The second-order valence-electron chi connectivity index (χ2n) is 2.75. The molecule has 0 saturated carbocycles. The van der Waals surface area contributed by atoms with E-state index in [-0.39, 0.29) is 10.6 Å². The molecule has 0 N–H and O–H groups in total. The Morgan fingerprint density at radius 3 is 2.64 bits per heavy atom. The lowest BCUT2D eigenvalue weighted by Gasteiger charge is -1.98. The Bertz CT molecular complexity index is 478. The van der Waals surface area contributed by atoms with Crippen LogP contribution in [0.4, 0.5) is 13.2 Å². The van der Waals surface area contributed by atoms with E-state index in [9.17, 15) is 13.2 Å². The molecule has 0 saturated heterocycles. The molecule has 0 aliphatic carbocycles. The van der Waals surface area contributed by atoms with Crippen LogP contribution < -0.4 is 0 Å². The maximum absolute atomic E-state index is 13.0. The first-order valence-electron chi connectivity index (χ1n) is 3.75. The van der Waals surface area contributed by atoms with Gasteiger partial charge in [0.2, 0.25) is 0 Å². The SMILES string of the molecule is Fc1sc2ccc(C(F)F)cc2c1Cl. The van der Waals surface area contributed by atoms with Crippen LogP contribution >= 0.6 is 22.9 Å². The predicted molar refractivity (Wildman–Crippen MR) is 51.8 cm³/mol. The van der Waals surface area contributed by atoms with Gasteiger partial charge in [0.05, 0.1) is 5.02 Å². The monoisotopic (exact) mass is 236 g/mol. The van der Waals surface area contributed by atoms with Gasteiger partial charge in [-0.05, 0) is 12.1 Å². The summed E-state index contributed by atoms with van der Waals surface area (Å²) >= 11 is 6.46.